The van der Waals surface area contributed by atoms with Gasteiger partial charge < -0.3 is 25.0 Å². The van der Waals surface area contributed by atoms with Gasteiger partial charge in [0.1, 0.15) is 23.7 Å². The maximum absolute atomic E-state index is 14.4. The number of ether oxygens (including phenoxy) is 1. The number of nitrogens with one attached hydrogen (secondary N) is 1. The lowest BCUT2D eigenvalue weighted by Gasteiger charge is -2.55. The Morgan fingerprint density at radius 1 is 1.02 bits per heavy atom. The van der Waals surface area contributed by atoms with E-state index in [1.807, 2.05) is 48.5 Å². The predicted molar refractivity (Wildman–Crippen MR) is 176 cm³/mol. The topological polar surface area (TPSA) is 106 Å². The number of para-hydroxylation sites is 1. The smallest absolute Gasteiger partial charge is 0.334 e. The Morgan fingerprint density at radius 2 is 1.74 bits per heavy atom. The van der Waals surface area contributed by atoms with Gasteiger partial charge >= 0.3 is 6.03 Å². The molecule has 2 unspecified atom stereocenters. The van der Waals surface area contributed by atoms with Crippen LogP contribution in [-0.4, -0.2) is 81.7 Å². The molecule has 0 aromatic heterocycles. The van der Waals surface area contributed by atoms with Crippen molar-refractivity contribution in [3.05, 3.63) is 108 Å². The van der Waals surface area contributed by atoms with Crippen LogP contribution in [0.1, 0.15) is 43.0 Å². The Labute approximate surface area is 270 Å². The summed E-state index contributed by atoms with van der Waals surface area (Å²) in [6.45, 7) is 11.0. The van der Waals surface area contributed by atoms with Crippen molar-refractivity contribution < 1.29 is 24.2 Å². The molecule has 3 aromatic rings. The molecule has 10 heteroatoms. The number of carbonyl (C=O) groups excluding carboxylic acids is 3. The van der Waals surface area contributed by atoms with Gasteiger partial charge in [-0.1, -0.05) is 87.5 Å². The van der Waals surface area contributed by atoms with Gasteiger partial charge in [-0.3, -0.25) is 9.59 Å². The first-order valence-corrected chi connectivity index (χ1v) is 15.5. The number of hydrogen-bond acceptors (Lipinski definition) is 6. The van der Waals surface area contributed by atoms with Crippen molar-refractivity contribution in [3.63, 3.8) is 0 Å². The summed E-state index contributed by atoms with van der Waals surface area (Å²) in [6.07, 6.45) is 1.11. The molecule has 46 heavy (non-hydrogen) atoms. The molecule has 5 rings (SSSR count). The minimum absolute atomic E-state index is 0.0813. The van der Waals surface area contributed by atoms with Crippen LogP contribution in [0, 0.1) is 0 Å². The van der Waals surface area contributed by atoms with Crippen LogP contribution in [0.3, 0.4) is 0 Å². The van der Waals surface area contributed by atoms with Gasteiger partial charge in [0.2, 0.25) is 11.8 Å². The van der Waals surface area contributed by atoms with E-state index < -0.39 is 12.2 Å². The van der Waals surface area contributed by atoms with E-state index in [9.17, 15) is 19.5 Å². The Hall–Kier alpha value is -4.83. The van der Waals surface area contributed by atoms with Crippen molar-refractivity contribution in [1.82, 2.24) is 25.1 Å². The van der Waals surface area contributed by atoms with Gasteiger partial charge in [0, 0.05) is 31.6 Å². The van der Waals surface area contributed by atoms with E-state index in [1.54, 1.807) is 57.3 Å². The zero-order valence-corrected chi connectivity index (χ0v) is 27.0. The molecule has 0 spiro atoms. The highest BCUT2D eigenvalue weighted by atomic mass is 16.5. The molecule has 2 aliphatic rings. The number of piperazine rings is 1. The highest BCUT2D eigenvalue weighted by Crippen LogP contribution is 2.36. The van der Waals surface area contributed by atoms with E-state index in [4.69, 9.17) is 4.74 Å². The molecule has 242 valence electrons. The number of phenols is 1. The van der Waals surface area contributed by atoms with Crippen molar-refractivity contribution >= 4 is 17.8 Å². The summed E-state index contributed by atoms with van der Waals surface area (Å²) in [7, 11) is 1.63. The number of fused-ring (bicyclic) bond motifs is 1. The molecule has 2 fully saturated rings. The first-order chi connectivity index (χ1) is 22.0. The molecule has 4 amide bonds. The highest BCUT2D eigenvalue weighted by Gasteiger charge is 2.51. The summed E-state index contributed by atoms with van der Waals surface area (Å²) in [4.78, 5) is 45.5. The monoisotopic (exact) mass is 625 g/mol. The second kappa shape index (κ2) is 13.7. The molecular weight excluding hydrogens is 582 g/mol. The number of phenolic OH excluding ortho intramolecular Hbond substituents is 1. The average molecular weight is 626 g/mol. The number of hydrogen-bond donors (Lipinski definition) is 2. The van der Waals surface area contributed by atoms with Crippen molar-refractivity contribution in [3.8, 4) is 11.5 Å². The summed E-state index contributed by atoms with van der Waals surface area (Å²) in [5.74, 6) is 0.357. The molecule has 2 heterocycles. The lowest BCUT2D eigenvalue weighted by atomic mass is 9.85. The van der Waals surface area contributed by atoms with Gasteiger partial charge in [-0.15, -0.1) is 6.58 Å². The molecular formula is C36H43N5O5. The molecule has 2 saturated heterocycles. The number of amides is 4. The normalized spacial score (nSPS) is 18.7. The third-order valence-electron chi connectivity index (χ3n) is 8.50. The largest absolute Gasteiger partial charge is 0.508 e. The van der Waals surface area contributed by atoms with Crippen LogP contribution in [0.5, 0.6) is 11.5 Å². The summed E-state index contributed by atoms with van der Waals surface area (Å²) in [5, 5.41) is 16.1. The van der Waals surface area contributed by atoms with Crippen molar-refractivity contribution in [2.75, 3.05) is 26.7 Å². The zero-order chi connectivity index (χ0) is 33.0. The number of benzene rings is 3. The van der Waals surface area contributed by atoms with Gasteiger partial charge in [0.25, 0.3) is 0 Å². The van der Waals surface area contributed by atoms with Crippen LogP contribution in [-0.2, 0) is 34.5 Å². The third kappa shape index (κ3) is 6.87. The Morgan fingerprint density at radius 3 is 2.39 bits per heavy atom. The minimum Gasteiger partial charge on any atom is -0.508 e. The van der Waals surface area contributed by atoms with E-state index in [1.165, 1.54) is 0 Å². The minimum atomic E-state index is -0.872. The molecule has 2 N–H and O–H groups in total. The number of methoxy groups -OCH3 is 1. The second-order valence-corrected chi connectivity index (χ2v) is 12.8. The number of aromatic hydroxyl groups is 1. The van der Waals surface area contributed by atoms with Crippen molar-refractivity contribution in [2.24, 2.45) is 0 Å². The van der Waals surface area contributed by atoms with Gasteiger partial charge in [-0.25, -0.2) is 14.8 Å². The molecule has 3 aromatic carbocycles. The van der Waals surface area contributed by atoms with E-state index >= 15 is 0 Å². The molecule has 0 radical (unpaired) electrons. The lowest BCUT2D eigenvalue weighted by molar-refractivity contribution is -0.189. The van der Waals surface area contributed by atoms with Gasteiger partial charge in [0.05, 0.1) is 20.2 Å². The van der Waals surface area contributed by atoms with E-state index in [-0.39, 0.29) is 61.6 Å². The number of rotatable bonds is 9. The lowest BCUT2D eigenvalue weighted by Crippen LogP contribution is -2.76. The van der Waals surface area contributed by atoms with Gasteiger partial charge in [-0.2, -0.15) is 0 Å². The predicted octanol–water partition coefficient (Wildman–Crippen LogP) is 4.43. The third-order valence-corrected chi connectivity index (χ3v) is 8.50. The van der Waals surface area contributed by atoms with Crippen LogP contribution in [0.25, 0.3) is 0 Å². The van der Waals surface area contributed by atoms with E-state index in [0.717, 1.165) is 22.3 Å². The SMILES string of the molecule is C=CCN1CC(=O)N2C(Cc3ccc(O)cc3)C(=O)N(Cc3cccc(C(C)(C)C)c3OC)CC2N1C(=O)NCc1ccccc1. The molecule has 0 saturated carbocycles. The van der Waals surface area contributed by atoms with Crippen LogP contribution in [0.2, 0.25) is 0 Å². The Bertz CT molecular complexity index is 1570. The first kappa shape index (κ1) is 32.6. The number of nitrogens with zero attached hydrogens (tertiary/aromatic N) is 4. The Kier molecular flexibility index (Phi) is 9.67. The Balaban J connectivity index is 1.54. The second-order valence-electron chi connectivity index (χ2n) is 12.8. The standard InChI is InChI=1S/C36H43N5O5/c1-6-19-39-24-32(43)40-30(20-25-15-17-28(42)18-16-25)34(44)38(22-27-13-10-14-29(33(27)46-5)36(2,3)4)23-31(40)41(39)35(45)37-21-26-11-8-7-9-12-26/h6-18,30-31,42H,1,19-24H2,2-5H3,(H,37,45). The summed E-state index contributed by atoms with van der Waals surface area (Å²) < 4.78 is 5.90. The van der Waals surface area contributed by atoms with Crippen LogP contribution >= 0.6 is 0 Å². The molecule has 2 aliphatic heterocycles. The van der Waals surface area contributed by atoms with E-state index in [0.29, 0.717) is 12.3 Å². The maximum Gasteiger partial charge on any atom is 0.334 e. The number of urea groups is 1. The first-order valence-electron chi connectivity index (χ1n) is 15.5. The summed E-state index contributed by atoms with van der Waals surface area (Å²) >= 11 is 0. The van der Waals surface area contributed by atoms with Crippen molar-refractivity contribution in [1.29, 1.82) is 0 Å². The van der Waals surface area contributed by atoms with Gasteiger partial charge in [0.15, 0.2) is 0 Å². The fraction of sp³-hybridized carbons (Fsp3) is 0.361. The van der Waals surface area contributed by atoms with Crippen LogP contribution < -0.4 is 10.1 Å². The molecule has 0 bridgehead atoms. The van der Waals surface area contributed by atoms with Gasteiger partial charge in [-0.05, 0) is 34.2 Å². The molecule has 10 nitrogen and oxygen atoms in total. The fourth-order valence-electron chi connectivity index (χ4n) is 6.30. The van der Waals surface area contributed by atoms with E-state index in [2.05, 4.69) is 32.7 Å². The molecule has 2 atom stereocenters. The van der Waals surface area contributed by atoms with Crippen LogP contribution in [0.15, 0.2) is 85.5 Å². The highest BCUT2D eigenvalue weighted by molar-refractivity contribution is 5.91. The average Bonchev–Trinajstić information content (AvgIpc) is 3.03. The quantitative estimate of drug-likeness (QED) is 0.341. The van der Waals surface area contributed by atoms with Crippen LogP contribution in [0.4, 0.5) is 4.79 Å². The zero-order valence-electron chi connectivity index (χ0n) is 27.0. The van der Waals surface area contributed by atoms with Crippen molar-refractivity contribution in [2.45, 2.75) is 57.9 Å². The number of hydrazine groups is 1. The number of carbonyl (C=O) groups is 3. The fourth-order valence-corrected chi connectivity index (χ4v) is 6.30. The maximum atomic E-state index is 14.4. The molecule has 0 aliphatic carbocycles. The summed E-state index contributed by atoms with van der Waals surface area (Å²) in [5.41, 5.74) is 3.38. The summed E-state index contributed by atoms with van der Waals surface area (Å²) in [6, 6.07) is 20.9.